The molecule has 0 aliphatic heterocycles. The van der Waals surface area contributed by atoms with Gasteiger partial charge in [0.15, 0.2) is 0 Å². The molecule has 0 atom stereocenters. The highest BCUT2D eigenvalue weighted by Gasteiger charge is 2.22. The molecule has 4 rings (SSSR count). The summed E-state index contributed by atoms with van der Waals surface area (Å²) in [4.78, 5) is 17.6. The monoisotopic (exact) mass is 499 g/mol. The number of benzene rings is 3. The number of aromatic amines is 1. The summed E-state index contributed by atoms with van der Waals surface area (Å²) in [6.45, 7) is 6.02. The van der Waals surface area contributed by atoms with Crippen LogP contribution in [0.5, 0.6) is 5.75 Å². The number of fused-ring (bicyclic) bond motifs is 1. The molecule has 1 aromatic heterocycles. The minimum atomic E-state index is -0.475. The SMILES string of the molecule is CCOC(=O)c1[nH]c2ccc(Sc3ccc(Cl)cc3)c(-c3ccc(OC(C)C)cc3)c2c1Cl. The molecule has 7 heteroatoms. The highest BCUT2D eigenvalue weighted by atomic mass is 35.5. The zero-order valence-electron chi connectivity index (χ0n) is 18.4. The number of carbonyl (C=O) groups excluding carboxylic acids is 1. The van der Waals surface area contributed by atoms with Gasteiger partial charge in [0.25, 0.3) is 0 Å². The number of H-pyrrole nitrogens is 1. The highest BCUT2D eigenvalue weighted by Crippen LogP contribution is 2.44. The van der Waals surface area contributed by atoms with Crippen molar-refractivity contribution in [1.29, 1.82) is 0 Å². The lowest BCUT2D eigenvalue weighted by Gasteiger charge is -2.14. The van der Waals surface area contributed by atoms with Crippen molar-refractivity contribution < 1.29 is 14.3 Å². The standard InChI is InChI=1S/C26H23Cl2NO3S/c1-4-31-26(30)25-24(28)23-20(29-25)13-14-21(33-19-11-7-17(27)8-12-19)22(23)16-5-9-18(10-6-16)32-15(2)3/h5-15,29H,4H2,1-3H3. The van der Waals surface area contributed by atoms with Gasteiger partial charge in [-0.15, -0.1) is 0 Å². The summed E-state index contributed by atoms with van der Waals surface area (Å²) in [5.41, 5.74) is 2.91. The molecule has 0 bridgehead atoms. The van der Waals surface area contributed by atoms with E-state index in [1.165, 1.54) is 0 Å². The fraction of sp³-hybridized carbons (Fsp3) is 0.192. The molecule has 170 valence electrons. The first-order valence-electron chi connectivity index (χ1n) is 10.6. The number of ether oxygens (including phenoxy) is 2. The minimum absolute atomic E-state index is 0.0848. The molecule has 0 radical (unpaired) electrons. The van der Waals surface area contributed by atoms with E-state index in [0.29, 0.717) is 10.0 Å². The van der Waals surface area contributed by atoms with Crippen LogP contribution >= 0.6 is 35.0 Å². The van der Waals surface area contributed by atoms with Crippen LogP contribution in [0.4, 0.5) is 0 Å². The third kappa shape index (κ3) is 5.16. The molecule has 0 spiro atoms. The molecule has 1 heterocycles. The van der Waals surface area contributed by atoms with Crippen LogP contribution in [0, 0.1) is 0 Å². The number of nitrogens with one attached hydrogen (secondary N) is 1. The Labute approximate surface area is 207 Å². The van der Waals surface area contributed by atoms with Gasteiger partial charge in [0, 0.05) is 31.3 Å². The van der Waals surface area contributed by atoms with E-state index in [9.17, 15) is 4.79 Å². The third-order valence-corrected chi connectivity index (χ3v) is 6.60. The molecular weight excluding hydrogens is 477 g/mol. The molecule has 0 fully saturated rings. The van der Waals surface area contributed by atoms with E-state index in [4.69, 9.17) is 32.7 Å². The third-order valence-electron chi connectivity index (χ3n) is 4.90. The van der Waals surface area contributed by atoms with Crippen LogP contribution < -0.4 is 4.74 Å². The summed E-state index contributed by atoms with van der Waals surface area (Å²) < 4.78 is 11.0. The zero-order chi connectivity index (χ0) is 23.5. The van der Waals surface area contributed by atoms with Gasteiger partial charge in [0.1, 0.15) is 11.4 Å². The Hall–Kier alpha value is -2.60. The molecule has 33 heavy (non-hydrogen) atoms. The van der Waals surface area contributed by atoms with Crippen LogP contribution in [0.2, 0.25) is 10.0 Å². The van der Waals surface area contributed by atoms with Crippen LogP contribution in [0.1, 0.15) is 31.3 Å². The number of halogens is 2. The summed E-state index contributed by atoms with van der Waals surface area (Å²) >= 11 is 14.4. The molecule has 4 nitrogen and oxygen atoms in total. The van der Waals surface area contributed by atoms with E-state index < -0.39 is 5.97 Å². The lowest BCUT2D eigenvalue weighted by atomic mass is 10.0. The van der Waals surface area contributed by atoms with Gasteiger partial charge >= 0.3 is 5.97 Å². The van der Waals surface area contributed by atoms with Crippen LogP contribution in [-0.2, 0) is 4.74 Å². The Bertz CT molecular complexity index is 1280. The van der Waals surface area contributed by atoms with E-state index in [-0.39, 0.29) is 18.4 Å². The first-order valence-corrected chi connectivity index (χ1v) is 12.2. The lowest BCUT2D eigenvalue weighted by molar-refractivity contribution is 0.0521. The molecule has 0 saturated carbocycles. The fourth-order valence-corrected chi connectivity index (χ4v) is 4.98. The quantitative estimate of drug-likeness (QED) is 0.260. The first kappa shape index (κ1) is 23.6. The molecule has 0 saturated heterocycles. The van der Waals surface area contributed by atoms with Crippen molar-refractivity contribution in [2.45, 2.75) is 36.7 Å². The summed E-state index contributed by atoms with van der Waals surface area (Å²) in [7, 11) is 0. The van der Waals surface area contributed by atoms with Gasteiger partial charge < -0.3 is 14.5 Å². The molecule has 3 aromatic carbocycles. The Kier molecular flexibility index (Phi) is 7.23. The maximum atomic E-state index is 12.5. The van der Waals surface area contributed by atoms with Crippen molar-refractivity contribution in [2.24, 2.45) is 0 Å². The summed E-state index contributed by atoms with van der Waals surface area (Å²) in [6.07, 6.45) is 0.0848. The van der Waals surface area contributed by atoms with E-state index in [2.05, 4.69) is 4.98 Å². The average Bonchev–Trinajstić information content (AvgIpc) is 3.12. The second-order valence-electron chi connectivity index (χ2n) is 7.64. The van der Waals surface area contributed by atoms with Gasteiger partial charge in [0.2, 0.25) is 0 Å². The number of aromatic nitrogens is 1. The number of hydrogen-bond donors (Lipinski definition) is 1. The molecular formula is C26H23Cl2NO3S. The average molecular weight is 500 g/mol. The Morgan fingerprint density at radius 2 is 1.70 bits per heavy atom. The van der Waals surface area contributed by atoms with E-state index in [1.54, 1.807) is 18.7 Å². The van der Waals surface area contributed by atoms with Gasteiger partial charge in [0.05, 0.1) is 17.7 Å². The molecule has 0 aliphatic carbocycles. The summed E-state index contributed by atoms with van der Waals surface area (Å²) in [5.74, 6) is 0.317. The number of hydrogen-bond acceptors (Lipinski definition) is 4. The predicted molar refractivity (Wildman–Crippen MR) is 136 cm³/mol. The molecule has 0 aliphatic rings. The maximum absolute atomic E-state index is 12.5. The van der Waals surface area contributed by atoms with Crippen molar-refractivity contribution in [1.82, 2.24) is 4.98 Å². The zero-order valence-corrected chi connectivity index (χ0v) is 20.8. The summed E-state index contributed by atoms with van der Waals surface area (Å²) in [5, 5.41) is 1.80. The Balaban J connectivity index is 1.88. The molecule has 0 amide bonds. The van der Waals surface area contributed by atoms with Gasteiger partial charge in [-0.2, -0.15) is 0 Å². The van der Waals surface area contributed by atoms with Crippen molar-refractivity contribution in [2.75, 3.05) is 6.61 Å². The Morgan fingerprint density at radius 1 is 1.00 bits per heavy atom. The maximum Gasteiger partial charge on any atom is 0.356 e. The highest BCUT2D eigenvalue weighted by molar-refractivity contribution is 7.99. The molecule has 0 unspecified atom stereocenters. The lowest BCUT2D eigenvalue weighted by Crippen LogP contribution is -2.05. The van der Waals surface area contributed by atoms with E-state index >= 15 is 0 Å². The van der Waals surface area contributed by atoms with Crippen molar-refractivity contribution >= 4 is 51.8 Å². The number of rotatable bonds is 7. The van der Waals surface area contributed by atoms with E-state index in [1.807, 2.05) is 74.5 Å². The predicted octanol–water partition coefficient (Wildman–Crippen LogP) is 8.26. The fourth-order valence-electron chi connectivity index (χ4n) is 3.55. The number of carbonyl (C=O) groups is 1. The summed E-state index contributed by atoms with van der Waals surface area (Å²) in [6, 6.07) is 19.5. The van der Waals surface area contributed by atoms with Crippen LogP contribution in [-0.4, -0.2) is 23.7 Å². The second kappa shape index (κ2) is 10.1. The van der Waals surface area contributed by atoms with Crippen LogP contribution in [0.25, 0.3) is 22.0 Å². The smallest absolute Gasteiger partial charge is 0.356 e. The van der Waals surface area contributed by atoms with Crippen LogP contribution in [0.3, 0.4) is 0 Å². The number of esters is 1. The molecule has 1 N–H and O–H groups in total. The topological polar surface area (TPSA) is 51.3 Å². The minimum Gasteiger partial charge on any atom is -0.491 e. The van der Waals surface area contributed by atoms with Crippen LogP contribution in [0.15, 0.2) is 70.5 Å². The van der Waals surface area contributed by atoms with E-state index in [0.717, 1.165) is 37.6 Å². The van der Waals surface area contributed by atoms with Crippen molar-refractivity contribution in [3.63, 3.8) is 0 Å². The Morgan fingerprint density at radius 3 is 2.33 bits per heavy atom. The van der Waals surface area contributed by atoms with Crippen molar-refractivity contribution in [3.05, 3.63) is 76.4 Å². The van der Waals surface area contributed by atoms with Gasteiger partial charge in [-0.25, -0.2) is 4.79 Å². The normalized spacial score (nSPS) is 11.2. The van der Waals surface area contributed by atoms with Gasteiger partial charge in [-0.1, -0.05) is 47.1 Å². The van der Waals surface area contributed by atoms with Gasteiger partial charge in [-0.05, 0) is 74.9 Å². The largest absolute Gasteiger partial charge is 0.491 e. The molecule has 4 aromatic rings. The van der Waals surface area contributed by atoms with Gasteiger partial charge in [-0.3, -0.25) is 0 Å². The second-order valence-corrected chi connectivity index (χ2v) is 9.57. The van der Waals surface area contributed by atoms with Crippen molar-refractivity contribution in [3.8, 4) is 16.9 Å². The first-order chi connectivity index (χ1) is 15.9.